The second-order valence-electron chi connectivity index (χ2n) is 6.16. The first-order chi connectivity index (χ1) is 11.0. The summed E-state index contributed by atoms with van der Waals surface area (Å²) in [5.41, 5.74) is 1.15. The van der Waals surface area contributed by atoms with Crippen molar-refractivity contribution in [1.29, 1.82) is 0 Å². The van der Waals surface area contributed by atoms with E-state index in [0.29, 0.717) is 28.6 Å². The van der Waals surface area contributed by atoms with Crippen molar-refractivity contribution >= 4 is 16.9 Å². The van der Waals surface area contributed by atoms with Crippen molar-refractivity contribution < 1.29 is 12.3 Å². The van der Waals surface area contributed by atoms with Crippen LogP contribution in [0.5, 0.6) is 0 Å². The number of ether oxygens (including phenoxy) is 1. The number of carbonyl (C=O) groups is 1. The van der Waals surface area contributed by atoms with Crippen LogP contribution in [0.15, 0.2) is 30.4 Å². The Morgan fingerprint density at radius 2 is 2.05 bits per heavy atom. The molecule has 4 heteroatoms. The molecule has 3 heterocycles. The van der Waals surface area contributed by atoms with E-state index in [1.54, 1.807) is 18.3 Å². The molecular formula is C17H20N2O2. The summed E-state index contributed by atoms with van der Waals surface area (Å²) >= 11 is 0. The minimum Gasteiger partial charge on any atom is -0.459 e. The Morgan fingerprint density at radius 3 is 2.81 bits per heavy atom. The van der Waals surface area contributed by atoms with Crippen molar-refractivity contribution in [2.45, 2.75) is 43.9 Å². The van der Waals surface area contributed by atoms with Gasteiger partial charge >= 0.3 is 5.97 Å². The lowest BCUT2D eigenvalue weighted by Crippen LogP contribution is -2.43. The lowest BCUT2D eigenvalue weighted by molar-refractivity contribution is -0.000258. The maximum absolute atomic E-state index is 12.5. The van der Waals surface area contributed by atoms with Gasteiger partial charge in [-0.2, -0.15) is 0 Å². The highest BCUT2D eigenvalue weighted by atomic mass is 16.5. The number of hydrogen-bond donors (Lipinski definition) is 1. The smallest absolute Gasteiger partial charge is 0.340 e. The molecule has 0 aliphatic carbocycles. The molecule has 1 N–H and O–H groups in total. The molecule has 2 saturated heterocycles. The first kappa shape index (κ1) is 10.9. The predicted molar refractivity (Wildman–Crippen MR) is 81.3 cm³/mol. The van der Waals surface area contributed by atoms with E-state index in [-0.39, 0.29) is 24.2 Å². The number of benzene rings is 1. The molecule has 1 aromatic heterocycles. The fourth-order valence-electron chi connectivity index (χ4n) is 3.79. The van der Waals surface area contributed by atoms with Crippen LogP contribution in [0, 0.1) is 0 Å². The van der Waals surface area contributed by atoms with Gasteiger partial charge in [0.05, 0.1) is 8.30 Å². The Hall–Kier alpha value is -1.81. The average molecular weight is 286 g/mol. The number of esters is 1. The van der Waals surface area contributed by atoms with E-state index in [0.717, 1.165) is 12.8 Å². The first-order valence-electron chi connectivity index (χ1n) is 8.54. The van der Waals surface area contributed by atoms with Crippen molar-refractivity contribution in [1.82, 2.24) is 9.88 Å². The summed E-state index contributed by atoms with van der Waals surface area (Å²) < 4.78 is 21.2. The third-order valence-corrected chi connectivity index (χ3v) is 5.02. The standard InChI is InChI=1S/C17H20N2O2/c1-19-11-6-7-12(19)9-13(8-11)21-17(20)15-10-18-16-5-3-2-4-14(15)16/h2-5,10-13,18H,6-9H2,1H3/t11-,12?,13?/m1/s1/i2D,3D. The number of H-pyrrole nitrogens is 1. The van der Waals surface area contributed by atoms with Crippen LogP contribution in [0.3, 0.4) is 0 Å². The summed E-state index contributed by atoms with van der Waals surface area (Å²) in [6.45, 7) is 0. The normalized spacial score (nSPS) is 30.2. The van der Waals surface area contributed by atoms with Crippen molar-refractivity contribution in [2.75, 3.05) is 7.05 Å². The van der Waals surface area contributed by atoms with Crippen molar-refractivity contribution in [3.8, 4) is 0 Å². The molecule has 0 amide bonds. The molecule has 2 aromatic rings. The summed E-state index contributed by atoms with van der Waals surface area (Å²) in [5.74, 6) is -0.331. The molecule has 21 heavy (non-hydrogen) atoms. The van der Waals surface area contributed by atoms with Gasteiger partial charge in [-0.1, -0.05) is 18.2 Å². The zero-order chi connectivity index (χ0) is 16.1. The Kier molecular flexibility index (Phi) is 2.52. The fraction of sp³-hybridized carbons (Fsp3) is 0.471. The van der Waals surface area contributed by atoms with Crippen molar-refractivity contribution in [3.63, 3.8) is 0 Å². The van der Waals surface area contributed by atoms with Crippen LogP contribution in [0.2, 0.25) is 0 Å². The molecule has 2 aliphatic rings. The number of nitrogens with one attached hydrogen (secondary N) is 1. The third-order valence-electron chi connectivity index (χ3n) is 5.02. The Balaban J connectivity index is 1.55. The highest BCUT2D eigenvalue weighted by molar-refractivity contribution is 6.04. The molecule has 2 aliphatic heterocycles. The Morgan fingerprint density at radius 1 is 1.33 bits per heavy atom. The summed E-state index contributed by atoms with van der Waals surface area (Å²) in [7, 11) is 2.16. The highest BCUT2D eigenvalue weighted by Gasteiger charge is 2.40. The van der Waals surface area contributed by atoms with Gasteiger partial charge in [0.25, 0.3) is 0 Å². The molecule has 2 fully saturated rings. The molecule has 2 unspecified atom stereocenters. The molecular weight excluding hydrogens is 264 g/mol. The van der Waals surface area contributed by atoms with Crippen LogP contribution in [0.4, 0.5) is 0 Å². The monoisotopic (exact) mass is 286 g/mol. The maximum Gasteiger partial charge on any atom is 0.340 e. The zero-order valence-corrected chi connectivity index (χ0v) is 12.1. The Bertz CT molecular complexity index is 759. The number of para-hydroxylation sites is 1. The molecule has 4 nitrogen and oxygen atoms in total. The van der Waals surface area contributed by atoms with Crippen LogP contribution in [0.1, 0.15) is 38.8 Å². The second-order valence-corrected chi connectivity index (χ2v) is 6.16. The van der Waals surface area contributed by atoms with Gasteiger partial charge in [0.1, 0.15) is 6.10 Å². The molecule has 110 valence electrons. The third kappa shape index (κ3) is 2.14. The molecule has 4 rings (SSSR count). The lowest BCUT2D eigenvalue weighted by atomic mass is 10.0. The number of carbonyl (C=O) groups excluding carboxylic acids is 1. The quantitative estimate of drug-likeness (QED) is 0.863. The van der Waals surface area contributed by atoms with E-state index in [9.17, 15) is 4.79 Å². The van der Waals surface area contributed by atoms with Gasteiger partial charge in [-0.25, -0.2) is 4.79 Å². The minimum absolute atomic E-state index is 0.0212. The lowest BCUT2D eigenvalue weighted by Gasteiger charge is -2.35. The molecule has 0 spiro atoms. The van der Waals surface area contributed by atoms with E-state index in [4.69, 9.17) is 7.48 Å². The van der Waals surface area contributed by atoms with Crippen LogP contribution in [0.25, 0.3) is 10.9 Å². The summed E-state index contributed by atoms with van der Waals surface area (Å²) in [5, 5.41) is 0.659. The van der Waals surface area contributed by atoms with E-state index in [1.807, 2.05) is 0 Å². The fourth-order valence-corrected chi connectivity index (χ4v) is 3.79. The molecule has 0 radical (unpaired) electrons. The SMILES string of the molecule is [2H]c1cc2[nH]cc(C(=O)OC3CC4CC[C@H](C3)N4C)c2cc1[2H]. The van der Waals surface area contributed by atoms with Gasteiger partial charge in [0.15, 0.2) is 0 Å². The second kappa shape index (κ2) is 4.88. The highest BCUT2D eigenvalue weighted by Crippen LogP contribution is 2.35. The van der Waals surface area contributed by atoms with Crippen molar-refractivity contribution in [2.24, 2.45) is 0 Å². The number of aromatic amines is 1. The van der Waals surface area contributed by atoms with Gasteiger partial charge in [-0.15, -0.1) is 0 Å². The number of rotatable bonds is 2. The van der Waals surface area contributed by atoms with Crippen LogP contribution in [-0.2, 0) is 4.74 Å². The zero-order valence-electron chi connectivity index (χ0n) is 14.1. The largest absolute Gasteiger partial charge is 0.459 e. The van der Waals surface area contributed by atoms with E-state index >= 15 is 0 Å². The van der Waals surface area contributed by atoms with Gasteiger partial charge in [-0.3, -0.25) is 0 Å². The molecule has 3 atom stereocenters. The van der Waals surface area contributed by atoms with Gasteiger partial charge in [-0.05, 0) is 26.0 Å². The van der Waals surface area contributed by atoms with E-state index in [1.165, 1.54) is 12.8 Å². The number of piperidine rings is 1. The van der Waals surface area contributed by atoms with E-state index in [2.05, 4.69) is 16.9 Å². The average Bonchev–Trinajstić information content (AvgIpc) is 2.97. The number of fused-ring (bicyclic) bond motifs is 3. The molecule has 1 aromatic carbocycles. The summed E-state index contributed by atoms with van der Waals surface area (Å²) in [6, 6.07) is 4.45. The van der Waals surface area contributed by atoms with Gasteiger partial charge < -0.3 is 14.6 Å². The van der Waals surface area contributed by atoms with Crippen LogP contribution < -0.4 is 0 Å². The Labute approximate surface area is 126 Å². The number of hydrogen-bond acceptors (Lipinski definition) is 3. The molecule has 2 bridgehead atoms. The predicted octanol–water partition coefficient (Wildman–Crippen LogP) is 2.95. The van der Waals surface area contributed by atoms with Crippen LogP contribution in [-0.4, -0.2) is 41.1 Å². The van der Waals surface area contributed by atoms with Gasteiger partial charge in [0.2, 0.25) is 0 Å². The summed E-state index contributed by atoms with van der Waals surface area (Å²) in [6.07, 6.45) is 5.79. The summed E-state index contributed by atoms with van der Waals surface area (Å²) in [4.78, 5) is 17.9. The topological polar surface area (TPSA) is 45.3 Å². The number of aromatic nitrogens is 1. The van der Waals surface area contributed by atoms with Crippen LogP contribution >= 0.6 is 0 Å². The number of nitrogens with zero attached hydrogens (tertiary/aromatic N) is 1. The first-order valence-corrected chi connectivity index (χ1v) is 7.54. The maximum atomic E-state index is 12.5. The minimum atomic E-state index is -0.331. The van der Waals surface area contributed by atoms with Gasteiger partial charge in [0, 0.05) is 42.0 Å². The molecule has 0 saturated carbocycles. The van der Waals surface area contributed by atoms with E-state index < -0.39 is 0 Å². The van der Waals surface area contributed by atoms with Crippen molar-refractivity contribution in [3.05, 3.63) is 36.0 Å².